The fraction of sp³-hybridized carbons (Fsp3) is 0.160. The van der Waals surface area contributed by atoms with Gasteiger partial charge in [0.1, 0.15) is 5.76 Å². The zero-order valence-electron chi connectivity index (χ0n) is 16.5. The van der Waals surface area contributed by atoms with Crippen molar-refractivity contribution in [1.82, 2.24) is 0 Å². The van der Waals surface area contributed by atoms with Gasteiger partial charge in [0.05, 0.1) is 6.10 Å². The van der Waals surface area contributed by atoms with Crippen LogP contribution in [0.4, 0.5) is 0 Å². The van der Waals surface area contributed by atoms with Gasteiger partial charge >= 0.3 is 0 Å². The van der Waals surface area contributed by atoms with E-state index in [4.69, 9.17) is 4.74 Å². The van der Waals surface area contributed by atoms with Gasteiger partial charge in [-0.05, 0) is 82.8 Å². The van der Waals surface area contributed by atoms with Gasteiger partial charge in [0.15, 0.2) is 0 Å². The monoisotopic (exact) mass is 428 g/mol. The van der Waals surface area contributed by atoms with Gasteiger partial charge in [0.2, 0.25) is 11.4 Å². The number of benzene rings is 1. The smallest absolute Gasteiger partial charge is 0.210 e. The van der Waals surface area contributed by atoms with E-state index in [-0.39, 0.29) is 34.7 Å². The molecule has 1 aromatic rings. The molecule has 150 valence electrons. The summed E-state index contributed by atoms with van der Waals surface area (Å²) in [6.07, 6.45) is 17.2. The van der Waals surface area contributed by atoms with Gasteiger partial charge in [-0.15, -0.1) is 0 Å². The molecule has 3 aliphatic rings. The first-order valence-electron chi connectivity index (χ1n) is 9.28. The molecule has 0 saturated heterocycles. The number of rotatable bonds is 5. The van der Waals surface area contributed by atoms with Crippen molar-refractivity contribution in [2.24, 2.45) is 0 Å². The molecule has 2 fully saturated rings. The van der Waals surface area contributed by atoms with Gasteiger partial charge in [-0.3, -0.25) is 4.79 Å². The SMILES string of the molecule is C=C(c1ccccc1)C1(O)C(=O)C([C]2[CH][CH][CH][CH]2)=C1OC(C)C.[CH]1[CH][CH][CH][CH]1.[Fe]. The Morgan fingerprint density at radius 2 is 1.48 bits per heavy atom. The zero-order chi connectivity index (χ0) is 20.1. The average molecular weight is 428 g/mol. The first kappa shape index (κ1) is 23.9. The molecule has 3 aliphatic carbocycles. The number of Topliss-reactive ketones (excluding diaryl/α,β-unsaturated/α-hetero) is 1. The van der Waals surface area contributed by atoms with Crippen molar-refractivity contribution >= 4 is 11.4 Å². The second-order valence-electron chi connectivity index (χ2n) is 6.89. The number of hydrogen-bond donors (Lipinski definition) is 1. The molecule has 1 aromatic carbocycles. The van der Waals surface area contributed by atoms with Crippen molar-refractivity contribution in [3.8, 4) is 0 Å². The molecule has 0 heterocycles. The van der Waals surface area contributed by atoms with Gasteiger partial charge < -0.3 is 9.84 Å². The molecule has 1 atom stereocenters. The van der Waals surface area contributed by atoms with E-state index >= 15 is 0 Å². The summed E-state index contributed by atoms with van der Waals surface area (Å²) in [4.78, 5) is 12.7. The Morgan fingerprint density at radius 3 is 1.97 bits per heavy atom. The third-order valence-corrected chi connectivity index (χ3v) is 4.53. The predicted molar refractivity (Wildman–Crippen MR) is 111 cm³/mol. The Bertz CT molecular complexity index is 720. The minimum absolute atomic E-state index is 0. The fourth-order valence-electron chi connectivity index (χ4n) is 3.13. The summed E-state index contributed by atoms with van der Waals surface area (Å²) < 4.78 is 5.80. The first-order valence-corrected chi connectivity index (χ1v) is 9.28. The Labute approximate surface area is 186 Å². The molecule has 0 amide bonds. The molecule has 29 heavy (non-hydrogen) atoms. The van der Waals surface area contributed by atoms with E-state index in [0.717, 1.165) is 11.5 Å². The minimum Gasteiger partial charge on any atom is -0.491 e. The van der Waals surface area contributed by atoms with E-state index in [9.17, 15) is 9.90 Å². The third-order valence-electron chi connectivity index (χ3n) is 4.53. The van der Waals surface area contributed by atoms with Crippen molar-refractivity contribution in [3.63, 3.8) is 0 Å². The van der Waals surface area contributed by atoms with Gasteiger partial charge in [-0.2, -0.15) is 0 Å². The van der Waals surface area contributed by atoms with E-state index in [0.29, 0.717) is 11.1 Å². The maximum absolute atomic E-state index is 12.7. The molecule has 10 radical (unpaired) electrons. The van der Waals surface area contributed by atoms with E-state index in [1.54, 1.807) is 0 Å². The summed E-state index contributed by atoms with van der Waals surface area (Å²) in [6, 6.07) is 9.21. The topological polar surface area (TPSA) is 46.5 Å². The molecule has 0 bridgehead atoms. The maximum Gasteiger partial charge on any atom is 0.210 e. The van der Waals surface area contributed by atoms with Crippen molar-refractivity contribution in [2.45, 2.75) is 25.6 Å². The number of ether oxygens (including phenoxy) is 1. The van der Waals surface area contributed by atoms with Gasteiger partial charge in [-0.1, -0.05) is 36.9 Å². The molecule has 4 rings (SSSR count). The van der Waals surface area contributed by atoms with Gasteiger partial charge in [0.25, 0.3) is 0 Å². The van der Waals surface area contributed by atoms with E-state index < -0.39 is 5.60 Å². The number of carbonyl (C=O) groups excluding carboxylic acids is 1. The van der Waals surface area contributed by atoms with E-state index in [1.165, 1.54) is 0 Å². The molecule has 2 saturated carbocycles. The van der Waals surface area contributed by atoms with Crippen molar-refractivity contribution in [1.29, 1.82) is 0 Å². The normalized spacial score (nSPS) is 23.9. The van der Waals surface area contributed by atoms with Crippen molar-refractivity contribution < 1.29 is 31.7 Å². The molecule has 0 aromatic heterocycles. The Hall–Kier alpha value is -1.35. The quantitative estimate of drug-likeness (QED) is 0.718. The molecule has 1 N–H and O–H groups in total. The van der Waals surface area contributed by atoms with Crippen LogP contribution in [-0.4, -0.2) is 22.6 Å². The third kappa shape index (κ3) is 5.05. The fourth-order valence-corrected chi connectivity index (χ4v) is 3.13. The standard InChI is InChI=1S/C20H19O3.C5H5.Fe/c1-13(2)23-19-17(16-11-7-8-12-16)18(21)20(19,22)14(3)15-9-5-4-6-10-15;1-2-4-5-3-1;/h4-13,22H,3H2,1-2H3;1-5H;. The van der Waals surface area contributed by atoms with Gasteiger partial charge in [0, 0.05) is 28.6 Å². The van der Waals surface area contributed by atoms with Crippen LogP contribution < -0.4 is 0 Å². The molecular formula is C25H24FeO3. The van der Waals surface area contributed by atoms with Crippen LogP contribution >= 0.6 is 0 Å². The second kappa shape index (κ2) is 10.6. The Kier molecular flexibility index (Phi) is 8.75. The zero-order valence-corrected chi connectivity index (χ0v) is 17.6. The number of aliphatic hydroxyl groups is 1. The van der Waals surface area contributed by atoms with Crippen LogP contribution in [0.1, 0.15) is 19.4 Å². The number of carbonyl (C=O) groups is 1. The minimum atomic E-state index is -1.79. The molecule has 4 heteroatoms. The summed E-state index contributed by atoms with van der Waals surface area (Å²) in [5.74, 6) is 0.682. The van der Waals surface area contributed by atoms with Crippen LogP contribution in [0.2, 0.25) is 0 Å². The first-order chi connectivity index (χ1) is 13.5. The number of hydrogen-bond acceptors (Lipinski definition) is 3. The summed E-state index contributed by atoms with van der Waals surface area (Å²) in [6.45, 7) is 7.69. The molecular weight excluding hydrogens is 404 g/mol. The molecule has 3 nitrogen and oxygen atoms in total. The summed E-state index contributed by atoms with van der Waals surface area (Å²) >= 11 is 0. The number of ketones is 1. The average Bonchev–Trinajstić information content (AvgIpc) is 3.43. The Balaban J connectivity index is 0.000000437. The summed E-state index contributed by atoms with van der Waals surface area (Å²) in [5.41, 5.74) is -0.301. The van der Waals surface area contributed by atoms with Gasteiger partial charge in [-0.25, -0.2) is 0 Å². The molecule has 1 unspecified atom stereocenters. The maximum atomic E-state index is 12.7. The van der Waals surface area contributed by atoms with Crippen LogP contribution in [0.15, 0.2) is 48.2 Å². The summed E-state index contributed by atoms with van der Waals surface area (Å²) in [7, 11) is 0. The van der Waals surface area contributed by atoms with Crippen molar-refractivity contribution in [2.75, 3.05) is 0 Å². The van der Waals surface area contributed by atoms with Crippen LogP contribution in [0, 0.1) is 63.7 Å². The van der Waals surface area contributed by atoms with Crippen LogP contribution in [-0.2, 0) is 26.6 Å². The van der Waals surface area contributed by atoms with E-state index in [2.05, 4.69) is 6.58 Å². The van der Waals surface area contributed by atoms with Crippen LogP contribution in [0.25, 0.3) is 5.57 Å². The second-order valence-corrected chi connectivity index (χ2v) is 6.89. The van der Waals surface area contributed by atoms with Crippen LogP contribution in [0.5, 0.6) is 0 Å². The Morgan fingerprint density at radius 1 is 0.966 bits per heavy atom. The predicted octanol–water partition coefficient (Wildman–Crippen LogP) is 4.12. The van der Waals surface area contributed by atoms with Crippen molar-refractivity contribution in [3.05, 3.63) is 118 Å². The van der Waals surface area contributed by atoms with Crippen LogP contribution in [0.3, 0.4) is 0 Å². The molecule has 0 aliphatic heterocycles. The van der Waals surface area contributed by atoms with E-state index in [1.807, 2.05) is 102 Å². The largest absolute Gasteiger partial charge is 0.491 e. The summed E-state index contributed by atoms with van der Waals surface area (Å²) in [5, 5.41) is 11.0. The molecule has 0 spiro atoms.